The number of carbonyl (C=O) groups is 1. The van der Waals surface area contributed by atoms with E-state index in [0.29, 0.717) is 22.7 Å². The van der Waals surface area contributed by atoms with Crippen molar-refractivity contribution in [3.8, 4) is 0 Å². The van der Waals surface area contributed by atoms with E-state index < -0.39 is 23.5 Å². The lowest BCUT2D eigenvalue weighted by Gasteiger charge is -2.39. The van der Waals surface area contributed by atoms with E-state index in [4.69, 9.17) is 0 Å². The molecule has 3 aromatic rings. The molecule has 0 fully saturated rings. The number of benzene rings is 1. The molecule has 1 aliphatic carbocycles. The number of allylic oxidation sites excluding steroid dienone is 3. The van der Waals surface area contributed by atoms with Crippen LogP contribution in [0.15, 0.2) is 84.6 Å². The number of aromatic nitrogens is 3. The number of alkyl halides is 3. The molecule has 1 amide bonds. The fourth-order valence-electron chi connectivity index (χ4n) is 4.38. The molecule has 0 spiro atoms. The van der Waals surface area contributed by atoms with Gasteiger partial charge in [-0.25, -0.2) is 0 Å². The molecule has 176 valence electrons. The second kappa shape index (κ2) is 9.29. The lowest BCUT2D eigenvalue weighted by molar-refractivity contribution is -0.161. The molecule has 2 atom stereocenters. The van der Waals surface area contributed by atoms with Crippen LogP contribution in [0.25, 0.3) is 0 Å². The number of nitrogens with one attached hydrogen (secondary N) is 1. The second-order valence-electron chi connectivity index (χ2n) is 8.46. The molecular weight excluding hydrogens is 441 g/mol. The Kier molecular flexibility index (Phi) is 6.41. The summed E-state index contributed by atoms with van der Waals surface area (Å²) in [6.45, 7) is 1.77. The van der Waals surface area contributed by atoms with Crippen LogP contribution in [0.1, 0.15) is 33.9 Å². The molecule has 0 bridgehead atoms. The maximum Gasteiger partial charge on any atom is 0.395 e. The molecule has 2 aromatic heterocycles. The summed E-state index contributed by atoms with van der Waals surface area (Å²) in [5.74, 6) is -2.09. The van der Waals surface area contributed by atoms with Crippen LogP contribution in [0.4, 0.5) is 13.2 Å². The maximum atomic E-state index is 13.7. The first-order valence-electron chi connectivity index (χ1n) is 10.9. The van der Waals surface area contributed by atoms with Gasteiger partial charge in [0.1, 0.15) is 11.2 Å². The number of hydrogen-bond donors (Lipinski definition) is 1. The highest BCUT2D eigenvalue weighted by Gasteiger charge is 2.46. The minimum absolute atomic E-state index is 0.234. The van der Waals surface area contributed by atoms with Crippen molar-refractivity contribution in [2.45, 2.75) is 31.5 Å². The molecule has 34 heavy (non-hydrogen) atoms. The monoisotopic (exact) mass is 466 g/mol. The Morgan fingerprint density at radius 1 is 1.15 bits per heavy atom. The van der Waals surface area contributed by atoms with E-state index >= 15 is 0 Å². The predicted octanol–water partition coefficient (Wildman–Crippen LogP) is 5.06. The van der Waals surface area contributed by atoms with E-state index in [2.05, 4.69) is 15.4 Å². The van der Waals surface area contributed by atoms with Gasteiger partial charge in [0, 0.05) is 19.7 Å². The van der Waals surface area contributed by atoms with Gasteiger partial charge in [0.15, 0.2) is 0 Å². The molecule has 1 unspecified atom stereocenters. The Labute approximate surface area is 196 Å². The van der Waals surface area contributed by atoms with Crippen molar-refractivity contribution >= 4 is 5.91 Å². The number of rotatable bonds is 6. The van der Waals surface area contributed by atoms with Gasteiger partial charge in [-0.05, 0) is 42.7 Å². The highest BCUT2D eigenvalue weighted by Crippen LogP contribution is 2.42. The lowest BCUT2D eigenvalue weighted by Crippen LogP contribution is -2.51. The number of amides is 1. The first-order valence-corrected chi connectivity index (χ1v) is 10.9. The zero-order chi connectivity index (χ0) is 24.3. The SMILES string of the molecule is Cc1cc(C(=O)NC(Cc2ccccc2)(C2=CC=C[C@@H](C(F)(F)F)C2)c2ccccn2)n(C)n1. The number of halogens is 3. The maximum absolute atomic E-state index is 13.7. The fraction of sp³-hybridized carbons (Fsp3) is 0.269. The molecule has 0 aliphatic heterocycles. The zero-order valence-corrected chi connectivity index (χ0v) is 18.9. The number of carbonyl (C=O) groups excluding carboxylic acids is 1. The van der Waals surface area contributed by atoms with Crippen molar-refractivity contribution in [3.63, 3.8) is 0 Å². The molecule has 5 nitrogen and oxygen atoms in total. The van der Waals surface area contributed by atoms with Crippen LogP contribution < -0.4 is 5.32 Å². The fourth-order valence-corrected chi connectivity index (χ4v) is 4.38. The molecular formula is C26H25F3N4O. The van der Waals surface area contributed by atoms with Gasteiger partial charge in [0.2, 0.25) is 0 Å². The van der Waals surface area contributed by atoms with Crippen molar-refractivity contribution in [2.24, 2.45) is 13.0 Å². The number of aryl methyl sites for hydroxylation is 2. The molecule has 2 heterocycles. The first-order chi connectivity index (χ1) is 16.2. The summed E-state index contributed by atoms with van der Waals surface area (Å²) in [6.07, 6.45) is 1.36. The zero-order valence-electron chi connectivity index (χ0n) is 18.9. The number of nitrogens with zero attached hydrogens (tertiary/aromatic N) is 3. The molecule has 0 saturated carbocycles. The summed E-state index contributed by atoms with van der Waals surface area (Å²) in [6, 6.07) is 16.2. The highest BCUT2D eigenvalue weighted by molar-refractivity contribution is 5.93. The average molecular weight is 467 g/mol. The van der Waals surface area contributed by atoms with Crippen LogP contribution in [0.5, 0.6) is 0 Å². The van der Waals surface area contributed by atoms with E-state index in [1.54, 1.807) is 50.5 Å². The van der Waals surface area contributed by atoms with Crippen molar-refractivity contribution in [1.82, 2.24) is 20.1 Å². The van der Waals surface area contributed by atoms with Gasteiger partial charge in [-0.15, -0.1) is 0 Å². The minimum atomic E-state index is -4.40. The van der Waals surface area contributed by atoms with Crippen LogP contribution >= 0.6 is 0 Å². The smallest absolute Gasteiger partial charge is 0.336 e. The van der Waals surface area contributed by atoms with Crippen molar-refractivity contribution in [2.75, 3.05) is 0 Å². The Morgan fingerprint density at radius 3 is 2.50 bits per heavy atom. The third-order valence-corrected chi connectivity index (χ3v) is 6.03. The van der Waals surface area contributed by atoms with Crippen LogP contribution in [0, 0.1) is 12.8 Å². The molecule has 8 heteroatoms. The van der Waals surface area contributed by atoms with Crippen LogP contribution in [0.2, 0.25) is 0 Å². The third-order valence-electron chi connectivity index (χ3n) is 6.03. The van der Waals surface area contributed by atoms with E-state index in [-0.39, 0.29) is 12.8 Å². The van der Waals surface area contributed by atoms with E-state index in [1.165, 1.54) is 10.8 Å². The van der Waals surface area contributed by atoms with E-state index in [9.17, 15) is 18.0 Å². The van der Waals surface area contributed by atoms with Gasteiger partial charge in [0.25, 0.3) is 5.91 Å². The molecule has 1 aromatic carbocycles. The number of hydrogen-bond acceptors (Lipinski definition) is 3. The van der Waals surface area contributed by atoms with E-state index in [0.717, 1.165) is 11.6 Å². The summed E-state index contributed by atoms with van der Waals surface area (Å²) in [7, 11) is 1.66. The van der Waals surface area contributed by atoms with Crippen molar-refractivity contribution in [1.29, 1.82) is 0 Å². The number of pyridine rings is 1. The third kappa shape index (κ3) is 4.81. The normalized spacial score (nSPS) is 17.7. The van der Waals surface area contributed by atoms with Crippen LogP contribution in [0.3, 0.4) is 0 Å². The minimum Gasteiger partial charge on any atom is -0.336 e. The summed E-state index contributed by atoms with van der Waals surface area (Å²) >= 11 is 0. The highest BCUT2D eigenvalue weighted by atomic mass is 19.4. The van der Waals surface area contributed by atoms with Gasteiger partial charge in [-0.1, -0.05) is 54.6 Å². The second-order valence-corrected chi connectivity index (χ2v) is 8.46. The topological polar surface area (TPSA) is 59.8 Å². The largest absolute Gasteiger partial charge is 0.395 e. The predicted molar refractivity (Wildman–Crippen MR) is 123 cm³/mol. The van der Waals surface area contributed by atoms with Gasteiger partial charge < -0.3 is 5.32 Å². The standard InChI is InChI=1S/C26H25F3N4O/c1-18-15-22(33(2)32-18)24(34)31-25(23-13-6-7-14-30-23,17-19-9-4-3-5-10-19)20-11-8-12-21(16-20)26(27,28)29/h3-15,21H,16-17H2,1-2H3,(H,31,34)/t21-,25?/m1/s1. The van der Waals surface area contributed by atoms with E-state index in [1.807, 2.05) is 30.3 Å². The van der Waals surface area contributed by atoms with Crippen molar-refractivity contribution < 1.29 is 18.0 Å². The molecule has 1 aliphatic rings. The van der Waals surface area contributed by atoms with Gasteiger partial charge in [0.05, 0.1) is 17.3 Å². The Bertz CT molecular complexity index is 1220. The Hall–Kier alpha value is -3.68. The average Bonchev–Trinajstić information content (AvgIpc) is 3.17. The Morgan fingerprint density at radius 2 is 1.88 bits per heavy atom. The lowest BCUT2D eigenvalue weighted by atomic mass is 9.74. The molecule has 4 rings (SSSR count). The molecule has 1 N–H and O–H groups in total. The van der Waals surface area contributed by atoms with Crippen LogP contribution in [-0.4, -0.2) is 26.8 Å². The summed E-state index contributed by atoms with van der Waals surface area (Å²) in [5, 5.41) is 7.32. The van der Waals surface area contributed by atoms with Crippen LogP contribution in [-0.2, 0) is 19.0 Å². The first kappa shape index (κ1) is 23.5. The van der Waals surface area contributed by atoms with Gasteiger partial charge in [-0.2, -0.15) is 18.3 Å². The summed E-state index contributed by atoms with van der Waals surface area (Å²) < 4.78 is 42.6. The molecule has 0 saturated heterocycles. The molecule has 0 radical (unpaired) electrons. The summed E-state index contributed by atoms with van der Waals surface area (Å²) in [4.78, 5) is 18.0. The van der Waals surface area contributed by atoms with Gasteiger partial charge >= 0.3 is 6.18 Å². The van der Waals surface area contributed by atoms with Crippen molar-refractivity contribution in [3.05, 3.63) is 107 Å². The Balaban J connectivity index is 1.87. The summed E-state index contributed by atoms with van der Waals surface area (Å²) in [5.41, 5.74) is 1.43. The quantitative estimate of drug-likeness (QED) is 0.553. The van der Waals surface area contributed by atoms with Gasteiger partial charge in [-0.3, -0.25) is 14.5 Å².